The average molecular weight is 392 g/mol. The Morgan fingerprint density at radius 2 is 2.04 bits per heavy atom. The summed E-state index contributed by atoms with van der Waals surface area (Å²) in [4.78, 5) is 16.2. The number of aromatic nitrogens is 1. The lowest BCUT2D eigenvalue weighted by molar-refractivity contribution is -0.143. The molecule has 0 saturated carbocycles. The minimum absolute atomic E-state index is 0.0394. The van der Waals surface area contributed by atoms with E-state index in [1.165, 1.54) is 23.5 Å². The van der Waals surface area contributed by atoms with Gasteiger partial charge in [-0.25, -0.2) is 13.4 Å². The zero-order chi connectivity index (χ0) is 18.6. The van der Waals surface area contributed by atoms with Crippen molar-refractivity contribution in [3.63, 3.8) is 0 Å². The zero-order valence-corrected chi connectivity index (χ0v) is 15.5. The minimum Gasteiger partial charge on any atom is -0.462 e. The van der Waals surface area contributed by atoms with Gasteiger partial charge in [0.1, 0.15) is 13.2 Å². The van der Waals surface area contributed by atoms with Crippen molar-refractivity contribution < 1.29 is 22.4 Å². The second-order valence-corrected chi connectivity index (χ2v) is 8.04. The Labute approximate surface area is 154 Å². The van der Waals surface area contributed by atoms with Crippen molar-refractivity contribution in [3.8, 4) is 10.8 Å². The number of rotatable bonds is 7. The number of thiazole rings is 1. The molecule has 2 aromatic heterocycles. The van der Waals surface area contributed by atoms with E-state index in [0.717, 1.165) is 5.56 Å². The van der Waals surface area contributed by atoms with Crippen LogP contribution in [0.2, 0.25) is 0 Å². The molecule has 9 heteroatoms. The Kier molecular flexibility index (Phi) is 5.50. The maximum Gasteiger partial charge on any atom is 0.321 e. The molecule has 1 N–H and O–H groups in total. The molecule has 0 radical (unpaired) electrons. The van der Waals surface area contributed by atoms with Crippen LogP contribution in [-0.4, -0.2) is 25.9 Å². The van der Waals surface area contributed by atoms with Crippen LogP contribution >= 0.6 is 11.3 Å². The predicted octanol–water partition coefficient (Wildman–Crippen LogP) is 2.73. The van der Waals surface area contributed by atoms with E-state index in [-0.39, 0.29) is 11.5 Å². The Balaban J connectivity index is 1.51. The number of nitrogens with one attached hydrogen (secondary N) is 1. The van der Waals surface area contributed by atoms with Gasteiger partial charge in [0.2, 0.25) is 10.0 Å². The maximum atomic E-state index is 12.1. The highest BCUT2D eigenvalue weighted by molar-refractivity contribution is 7.89. The van der Waals surface area contributed by atoms with Crippen molar-refractivity contribution in [1.82, 2.24) is 9.71 Å². The highest BCUT2D eigenvalue weighted by Crippen LogP contribution is 2.24. The maximum absolute atomic E-state index is 12.1. The molecule has 0 spiro atoms. The Morgan fingerprint density at radius 1 is 1.27 bits per heavy atom. The molecule has 3 aromatic rings. The molecule has 0 aliphatic heterocycles. The number of sulfonamides is 1. The standard InChI is InChI=1S/C17H16N2O5S2/c1-12-4-6-14(7-5-12)26(21,22)18-9-16(20)24-10-13-11-25-17(19-13)15-3-2-8-23-15/h2-8,11,18H,9-10H2,1H3. The lowest BCUT2D eigenvalue weighted by Crippen LogP contribution is -2.30. The summed E-state index contributed by atoms with van der Waals surface area (Å²) in [5.41, 5.74) is 1.51. The third-order valence-corrected chi connectivity index (χ3v) is 5.73. The lowest BCUT2D eigenvalue weighted by atomic mass is 10.2. The molecule has 1 aromatic carbocycles. The van der Waals surface area contributed by atoms with E-state index in [2.05, 4.69) is 9.71 Å². The van der Waals surface area contributed by atoms with Crippen LogP contribution in [0.1, 0.15) is 11.3 Å². The van der Waals surface area contributed by atoms with Gasteiger partial charge in [-0.1, -0.05) is 17.7 Å². The first kappa shape index (κ1) is 18.3. The predicted molar refractivity (Wildman–Crippen MR) is 96.0 cm³/mol. The quantitative estimate of drug-likeness (QED) is 0.621. The van der Waals surface area contributed by atoms with Gasteiger partial charge in [-0.3, -0.25) is 4.79 Å². The highest BCUT2D eigenvalue weighted by atomic mass is 32.2. The van der Waals surface area contributed by atoms with Gasteiger partial charge < -0.3 is 9.15 Å². The number of nitrogens with zero attached hydrogens (tertiary/aromatic N) is 1. The first-order valence-corrected chi connectivity index (χ1v) is 10.0. The number of esters is 1. The van der Waals surface area contributed by atoms with Crippen molar-refractivity contribution in [2.24, 2.45) is 0 Å². The average Bonchev–Trinajstić information content (AvgIpc) is 3.30. The number of ether oxygens (including phenoxy) is 1. The van der Waals surface area contributed by atoms with E-state index in [1.54, 1.807) is 35.9 Å². The van der Waals surface area contributed by atoms with Crippen LogP contribution in [0.25, 0.3) is 10.8 Å². The third kappa shape index (κ3) is 4.57. The molecule has 0 unspecified atom stereocenters. The summed E-state index contributed by atoms with van der Waals surface area (Å²) >= 11 is 1.37. The molecular weight excluding hydrogens is 376 g/mol. The molecule has 136 valence electrons. The second-order valence-electron chi connectivity index (χ2n) is 5.42. The van der Waals surface area contributed by atoms with Gasteiger partial charge in [-0.15, -0.1) is 11.3 Å². The van der Waals surface area contributed by atoms with Crippen LogP contribution in [-0.2, 0) is 26.2 Å². The smallest absolute Gasteiger partial charge is 0.321 e. The van der Waals surface area contributed by atoms with Gasteiger partial charge in [0.05, 0.1) is 16.9 Å². The summed E-state index contributed by atoms with van der Waals surface area (Å²) in [5.74, 6) is -0.0494. The van der Waals surface area contributed by atoms with Gasteiger partial charge in [-0.2, -0.15) is 4.72 Å². The van der Waals surface area contributed by atoms with Crippen molar-refractivity contribution in [2.75, 3.05) is 6.54 Å². The van der Waals surface area contributed by atoms with Gasteiger partial charge >= 0.3 is 5.97 Å². The normalized spacial score (nSPS) is 11.4. The molecule has 26 heavy (non-hydrogen) atoms. The number of hydrogen-bond acceptors (Lipinski definition) is 7. The van der Waals surface area contributed by atoms with E-state index < -0.39 is 22.5 Å². The summed E-state index contributed by atoms with van der Waals surface area (Å²) in [6, 6.07) is 9.88. The Bertz CT molecular complexity index is 977. The molecule has 0 aliphatic rings. The summed E-state index contributed by atoms with van der Waals surface area (Å²) < 4.78 is 36.8. The molecule has 0 saturated heterocycles. The molecule has 2 heterocycles. The fraction of sp³-hybridized carbons (Fsp3) is 0.176. The van der Waals surface area contributed by atoms with E-state index in [4.69, 9.17) is 9.15 Å². The fourth-order valence-electron chi connectivity index (χ4n) is 2.05. The van der Waals surface area contributed by atoms with Crippen molar-refractivity contribution in [2.45, 2.75) is 18.4 Å². The topological polar surface area (TPSA) is 98.5 Å². The number of carbonyl (C=O) groups excluding carboxylic acids is 1. The van der Waals surface area contributed by atoms with E-state index in [9.17, 15) is 13.2 Å². The fourth-order valence-corrected chi connectivity index (χ4v) is 3.79. The first-order valence-electron chi connectivity index (χ1n) is 7.64. The molecule has 0 atom stereocenters. The zero-order valence-electron chi connectivity index (χ0n) is 13.8. The van der Waals surface area contributed by atoms with Crippen LogP contribution in [0.3, 0.4) is 0 Å². The third-order valence-electron chi connectivity index (χ3n) is 3.40. The van der Waals surface area contributed by atoms with Crippen molar-refractivity contribution >= 4 is 27.3 Å². The van der Waals surface area contributed by atoms with Gasteiger partial charge in [0, 0.05) is 5.38 Å². The number of furan rings is 1. The SMILES string of the molecule is Cc1ccc(S(=O)(=O)NCC(=O)OCc2csc(-c3ccco3)n2)cc1. The van der Waals surface area contributed by atoms with E-state index in [1.807, 2.05) is 6.92 Å². The van der Waals surface area contributed by atoms with Gasteiger partial charge in [-0.05, 0) is 31.2 Å². The molecule has 0 amide bonds. The van der Waals surface area contributed by atoms with Gasteiger partial charge in [0.25, 0.3) is 0 Å². The summed E-state index contributed by atoms with van der Waals surface area (Å²) in [6.07, 6.45) is 1.55. The van der Waals surface area contributed by atoms with Crippen molar-refractivity contribution in [1.29, 1.82) is 0 Å². The first-order chi connectivity index (χ1) is 12.4. The van der Waals surface area contributed by atoms with Crippen LogP contribution in [0.4, 0.5) is 0 Å². The Hall–Kier alpha value is -2.49. The van der Waals surface area contributed by atoms with E-state index in [0.29, 0.717) is 16.5 Å². The summed E-state index contributed by atoms with van der Waals surface area (Å²) in [5, 5.41) is 2.43. The van der Waals surface area contributed by atoms with Gasteiger partial charge in [0.15, 0.2) is 10.8 Å². The number of carbonyl (C=O) groups is 1. The highest BCUT2D eigenvalue weighted by Gasteiger charge is 2.16. The minimum atomic E-state index is -3.76. The molecule has 0 fully saturated rings. The summed E-state index contributed by atoms with van der Waals surface area (Å²) in [7, 11) is -3.76. The van der Waals surface area contributed by atoms with Crippen LogP contribution in [0, 0.1) is 6.92 Å². The van der Waals surface area contributed by atoms with E-state index >= 15 is 0 Å². The number of aryl methyl sites for hydroxylation is 1. The lowest BCUT2D eigenvalue weighted by Gasteiger charge is -2.07. The van der Waals surface area contributed by atoms with Crippen molar-refractivity contribution in [3.05, 3.63) is 59.3 Å². The Morgan fingerprint density at radius 3 is 2.73 bits per heavy atom. The van der Waals surface area contributed by atoms with Crippen LogP contribution < -0.4 is 4.72 Å². The molecule has 0 bridgehead atoms. The molecule has 3 rings (SSSR count). The molecular formula is C17H16N2O5S2. The molecule has 7 nitrogen and oxygen atoms in total. The largest absolute Gasteiger partial charge is 0.462 e. The number of benzene rings is 1. The molecule has 0 aliphatic carbocycles. The summed E-state index contributed by atoms with van der Waals surface area (Å²) in [6.45, 7) is 1.37. The number of hydrogen-bond donors (Lipinski definition) is 1. The van der Waals surface area contributed by atoms with Crippen LogP contribution in [0.5, 0.6) is 0 Å². The monoisotopic (exact) mass is 392 g/mol. The second kappa shape index (κ2) is 7.81. The van der Waals surface area contributed by atoms with Crippen LogP contribution in [0.15, 0.2) is 57.4 Å².